The summed E-state index contributed by atoms with van der Waals surface area (Å²) in [5.74, 6) is 0.0748. The largest absolute Gasteiger partial charge is 0.394 e. The second-order valence-corrected chi connectivity index (χ2v) is 6.33. The quantitative estimate of drug-likeness (QED) is 0.824. The molecule has 0 heterocycles. The lowest BCUT2D eigenvalue weighted by Gasteiger charge is -2.15. The first-order valence-electron chi connectivity index (χ1n) is 5.43. The van der Waals surface area contributed by atoms with Gasteiger partial charge in [-0.2, -0.15) is 0 Å². The van der Waals surface area contributed by atoms with Crippen LogP contribution in [0.1, 0.15) is 24.8 Å². The molecular weight excluding hydrogens is 240 g/mol. The molecule has 0 aliphatic heterocycles. The van der Waals surface area contributed by atoms with E-state index in [0.29, 0.717) is 6.42 Å². The molecule has 2 N–H and O–H groups in total. The number of aliphatic hydroxyl groups excluding tert-OH is 2. The van der Waals surface area contributed by atoms with Crippen molar-refractivity contribution >= 4 is 9.84 Å². The Labute approximate surface area is 102 Å². The molecule has 0 saturated heterocycles. The Morgan fingerprint density at radius 3 is 2.18 bits per heavy atom. The minimum atomic E-state index is -3.16. The average Bonchev–Trinajstić information content (AvgIpc) is 2.27. The summed E-state index contributed by atoms with van der Waals surface area (Å²) >= 11 is 0. The standard InChI is InChI=1S/C12H18O4S/c1-9(7-11(14)8-13)10-3-5-12(6-4-10)17(2,15)16/h3-6,9,11,13-14H,7-8H2,1-2H3. The SMILES string of the molecule is CC(CC(O)CO)c1ccc(S(C)(=O)=O)cc1. The molecule has 5 heteroatoms. The van der Waals surface area contributed by atoms with Crippen LogP contribution in [0.25, 0.3) is 0 Å². The van der Waals surface area contributed by atoms with Crippen molar-refractivity contribution in [1.29, 1.82) is 0 Å². The zero-order chi connectivity index (χ0) is 13.1. The van der Waals surface area contributed by atoms with E-state index >= 15 is 0 Å². The van der Waals surface area contributed by atoms with E-state index in [0.717, 1.165) is 5.56 Å². The highest BCUT2D eigenvalue weighted by Gasteiger charge is 2.12. The zero-order valence-electron chi connectivity index (χ0n) is 10.00. The van der Waals surface area contributed by atoms with Crippen LogP contribution < -0.4 is 0 Å². The minimum absolute atomic E-state index is 0.0748. The lowest BCUT2D eigenvalue weighted by Crippen LogP contribution is -2.15. The van der Waals surface area contributed by atoms with Gasteiger partial charge in [0.05, 0.1) is 17.6 Å². The summed E-state index contributed by atoms with van der Waals surface area (Å²) in [6, 6.07) is 6.61. The Morgan fingerprint density at radius 1 is 1.24 bits per heavy atom. The van der Waals surface area contributed by atoms with Gasteiger partial charge in [0.1, 0.15) is 0 Å². The van der Waals surface area contributed by atoms with E-state index < -0.39 is 15.9 Å². The molecule has 2 unspecified atom stereocenters. The molecule has 0 aromatic heterocycles. The number of aliphatic hydroxyl groups is 2. The smallest absolute Gasteiger partial charge is 0.175 e. The van der Waals surface area contributed by atoms with Gasteiger partial charge in [-0.15, -0.1) is 0 Å². The predicted octanol–water partition coefficient (Wildman–Crippen LogP) is 0.937. The van der Waals surface area contributed by atoms with Crippen LogP contribution in [0.2, 0.25) is 0 Å². The van der Waals surface area contributed by atoms with Gasteiger partial charge in [0.15, 0.2) is 9.84 Å². The molecule has 0 aliphatic rings. The molecule has 17 heavy (non-hydrogen) atoms. The molecule has 4 nitrogen and oxygen atoms in total. The number of benzene rings is 1. The van der Waals surface area contributed by atoms with E-state index in [-0.39, 0.29) is 17.4 Å². The Kier molecular flexibility index (Phi) is 4.68. The van der Waals surface area contributed by atoms with Crippen molar-refractivity contribution in [2.45, 2.75) is 30.3 Å². The highest BCUT2D eigenvalue weighted by atomic mass is 32.2. The maximum atomic E-state index is 11.3. The van der Waals surface area contributed by atoms with Gasteiger partial charge < -0.3 is 10.2 Å². The summed E-state index contributed by atoms with van der Waals surface area (Å²) in [7, 11) is -3.16. The van der Waals surface area contributed by atoms with Crippen molar-refractivity contribution in [2.75, 3.05) is 12.9 Å². The van der Waals surface area contributed by atoms with Crippen LogP contribution in [0.3, 0.4) is 0 Å². The van der Waals surface area contributed by atoms with Crippen LogP contribution in [0, 0.1) is 0 Å². The second-order valence-electron chi connectivity index (χ2n) is 4.31. The first-order valence-corrected chi connectivity index (χ1v) is 7.32. The van der Waals surface area contributed by atoms with E-state index in [1.165, 1.54) is 6.26 Å². The van der Waals surface area contributed by atoms with Crippen LogP contribution in [0.15, 0.2) is 29.2 Å². The van der Waals surface area contributed by atoms with Gasteiger partial charge in [-0.05, 0) is 30.0 Å². The fraction of sp³-hybridized carbons (Fsp3) is 0.500. The van der Waals surface area contributed by atoms with E-state index in [4.69, 9.17) is 5.11 Å². The molecule has 1 rings (SSSR count). The van der Waals surface area contributed by atoms with Crippen LogP contribution in [-0.2, 0) is 9.84 Å². The van der Waals surface area contributed by atoms with Crippen molar-refractivity contribution in [1.82, 2.24) is 0 Å². The average molecular weight is 258 g/mol. The number of rotatable bonds is 5. The Morgan fingerprint density at radius 2 is 1.76 bits per heavy atom. The number of hydrogen-bond acceptors (Lipinski definition) is 4. The van der Waals surface area contributed by atoms with Gasteiger partial charge in [0.2, 0.25) is 0 Å². The summed E-state index contributed by atoms with van der Waals surface area (Å²) < 4.78 is 22.5. The number of hydrogen-bond donors (Lipinski definition) is 2. The third kappa shape index (κ3) is 4.11. The van der Waals surface area contributed by atoms with E-state index in [9.17, 15) is 13.5 Å². The van der Waals surface area contributed by atoms with E-state index in [1.54, 1.807) is 24.3 Å². The molecular formula is C12H18O4S. The van der Waals surface area contributed by atoms with Crippen molar-refractivity contribution in [3.63, 3.8) is 0 Å². The zero-order valence-corrected chi connectivity index (χ0v) is 10.8. The van der Waals surface area contributed by atoms with Crippen LogP contribution in [0.4, 0.5) is 0 Å². The van der Waals surface area contributed by atoms with Crippen molar-refractivity contribution in [3.8, 4) is 0 Å². The normalized spacial score (nSPS) is 15.5. The molecule has 0 aliphatic carbocycles. The summed E-state index contributed by atoms with van der Waals surface area (Å²) in [5.41, 5.74) is 0.949. The second kappa shape index (κ2) is 5.62. The number of sulfone groups is 1. The molecule has 1 aromatic carbocycles. The first-order chi connectivity index (χ1) is 7.84. The topological polar surface area (TPSA) is 74.6 Å². The Hall–Kier alpha value is -0.910. The first kappa shape index (κ1) is 14.2. The molecule has 0 bridgehead atoms. The van der Waals surface area contributed by atoms with Gasteiger partial charge >= 0.3 is 0 Å². The maximum Gasteiger partial charge on any atom is 0.175 e. The van der Waals surface area contributed by atoms with Crippen molar-refractivity contribution in [3.05, 3.63) is 29.8 Å². The van der Waals surface area contributed by atoms with Gasteiger partial charge in [-0.1, -0.05) is 19.1 Å². The lowest BCUT2D eigenvalue weighted by atomic mass is 9.95. The van der Waals surface area contributed by atoms with Gasteiger partial charge in [-0.25, -0.2) is 8.42 Å². The maximum absolute atomic E-state index is 11.3. The Balaban J connectivity index is 2.81. The van der Waals surface area contributed by atoms with E-state index in [1.807, 2.05) is 6.92 Å². The van der Waals surface area contributed by atoms with Crippen molar-refractivity contribution in [2.24, 2.45) is 0 Å². The summed E-state index contributed by atoms with van der Waals surface area (Å²) in [5, 5.41) is 18.1. The third-order valence-electron chi connectivity index (χ3n) is 2.71. The van der Waals surface area contributed by atoms with Gasteiger partial charge in [0.25, 0.3) is 0 Å². The lowest BCUT2D eigenvalue weighted by molar-refractivity contribution is 0.0835. The fourth-order valence-electron chi connectivity index (χ4n) is 1.66. The molecule has 0 spiro atoms. The third-order valence-corrected chi connectivity index (χ3v) is 3.84. The molecule has 1 aromatic rings. The highest BCUT2D eigenvalue weighted by molar-refractivity contribution is 7.90. The molecule has 0 amide bonds. The monoisotopic (exact) mass is 258 g/mol. The van der Waals surface area contributed by atoms with E-state index in [2.05, 4.69) is 0 Å². The van der Waals surface area contributed by atoms with Crippen LogP contribution in [0.5, 0.6) is 0 Å². The molecule has 2 atom stereocenters. The summed E-state index contributed by atoms with van der Waals surface area (Å²) in [4.78, 5) is 0.288. The minimum Gasteiger partial charge on any atom is -0.394 e. The predicted molar refractivity (Wildman–Crippen MR) is 65.7 cm³/mol. The molecule has 96 valence electrons. The highest BCUT2D eigenvalue weighted by Crippen LogP contribution is 2.22. The summed E-state index contributed by atoms with van der Waals surface area (Å²) in [6.07, 6.45) is 0.884. The van der Waals surface area contributed by atoms with Crippen LogP contribution >= 0.6 is 0 Å². The molecule has 0 fully saturated rings. The Bertz CT molecular complexity index is 450. The van der Waals surface area contributed by atoms with Crippen LogP contribution in [-0.4, -0.2) is 37.6 Å². The molecule has 0 saturated carbocycles. The molecule has 0 radical (unpaired) electrons. The van der Waals surface area contributed by atoms with Gasteiger partial charge in [0, 0.05) is 6.26 Å². The van der Waals surface area contributed by atoms with Gasteiger partial charge in [-0.3, -0.25) is 0 Å². The summed E-state index contributed by atoms with van der Waals surface area (Å²) in [6.45, 7) is 1.67. The van der Waals surface area contributed by atoms with Crippen molar-refractivity contribution < 1.29 is 18.6 Å². The fourth-order valence-corrected chi connectivity index (χ4v) is 2.29.